The first-order chi connectivity index (χ1) is 13.1. The van der Waals surface area contributed by atoms with Crippen molar-refractivity contribution in [2.24, 2.45) is 13.0 Å². The van der Waals surface area contributed by atoms with Gasteiger partial charge in [0.1, 0.15) is 16.9 Å². The van der Waals surface area contributed by atoms with Gasteiger partial charge in [-0.3, -0.25) is 4.90 Å². The molecular formula is C21H26N4OS. The largest absolute Gasteiger partial charge is 0.385 e. The topological polar surface area (TPSA) is 54.2 Å². The summed E-state index contributed by atoms with van der Waals surface area (Å²) in [7, 11) is 1.94. The molecule has 1 aliphatic rings. The minimum absolute atomic E-state index is 0.284. The predicted molar refractivity (Wildman–Crippen MR) is 108 cm³/mol. The van der Waals surface area contributed by atoms with Gasteiger partial charge < -0.3 is 9.67 Å². The van der Waals surface area contributed by atoms with Crippen molar-refractivity contribution < 1.29 is 5.11 Å². The monoisotopic (exact) mass is 382 g/mol. The maximum atomic E-state index is 10.6. The molecule has 142 valence electrons. The molecule has 6 heteroatoms. The van der Waals surface area contributed by atoms with Gasteiger partial charge in [0.05, 0.1) is 0 Å². The summed E-state index contributed by atoms with van der Waals surface area (Å²) in [4.78, 5) is 12.7. The van der Waals surface area contributed by atoms with E-state index in [4.69, 9.17) is 0 Å². The molecule has 1 aromatic carbocycles. The third kappa shape index (κ3) is 3.98. The molecule has 0 unspecified atom stereocenters. The van der Waals surface area contributed by atoms with Gasteiger partial charge in [0.15, 0.2) is 0 Å². The number of rotatable bonds is 5. The van der Waals surface area contributed by atoms with Gasteiger partial charge in [-0.2, -0.15) is 0 Å². The summed E-state index contributed by atoms with van der Waals surface area (Å²) in [6.45, 7) is 5.08. The van der Waals surface area contributed by atoms with E-state index in [2.05, 4.69) is 46.1 Å². The zero-order valence-corrected chi connectivity index (χ0v) is 16.7. The second-order valence-corrected chi connectivity index (χ2v) is 8.52. The summed E-state index contributed by atoms with van der Waals surface area (Å²) in [5.41, 5.74) is 2.49. The highest BCUT2D eigenvalue weighted by Gasteiger charge is 2.28. The van der Waals surface area contributed by atoms with Crippen LogP contribution in [0, 0.1) is 12.8 Å². The summed E-state index contributed by atoms with van der Waals surface area (Å²) in [5, 5.41) is 11.7. The van der Waals surface area contributed by atoms with E-state index in [0.29, 0.717) is 0 Å². The first kappa shape index (κ1) is 18.3. The number of hydrogen-bond acceptors (Lipinski definition) is 5. The summed E-state index contributed by atoms with van der Waals surface area (Å²) in [6.07, 6.45) is 7.19. The summed E-state index contributed by atoms with van der Waals surface area (Å²) < 4.78 is 1.92. The summed E-state index contributed by atoms with van der Waals surface area (Å²) in [6, 6.07) is 8.41. The molecule has 1 saturated heterocycles. The highest BCUT2D eigenvalue weighted by molar-refractivity contribution is 7.15. The van der Waals surface area contributed by atoms with Gasteiger partial charge in [-0.05, 0) is 44.3 Å². The maximum absolute atomic E-state index is 10.6. The Morgan fingerprint density at radius 2 is 2.00 bits per heavy atom. The Bertz CT molecular complexity index is 895. The van der Waals surface area contributed by atoms with Crippen molar-refractivity contribution in [3.05, 3.63) is 59.1 Å². The number of aryl methyl sites for hydroxylation is 2. The van der Waals surface area contributed by atoms with Gasteiger partial charge in [-0.1, -0.05) is 24.3 Å². The van der Waals surface area contributed by atoms with Gasteiger partial charge in [0, 0.05) is 42.6 Å². The van der Waals surface area contributed by atoms with E-state index in [1.54, 1.807) is 17.5 Å². The van der Waals surface area contributed by atoms with Crippen LogP contribution in [0.5, 0.6) is 0 Å². The molecule has 0 bridgehead atoms. The van der Waals surface area contributed by atoms with E-state index in [-0.39, 0.29) is 5.92 Å². The van der Waals surface area contributed by atoms with Crippen molar-refractivity contribution in [3.8, 4) is 10.6 Å². The number of hydrogen-bond donors (Lipinski definition) is 1. The van der Waals surface area contributed by atoms with Gasteiger partial charge in [0.25, 0.3) is 0 Å². The molecule has 0 spiro atoms. The number of benzene rings is 1. The van der Waals surface area contributed by atoms with Crippen molar-refractivity contribution in [2.45, 2.75) is 32.4 Å². The number of imidazole rings is 1. The van der Waals surface area contributed by atoms with Crippen LogP contribution in [0.2, 0.25) is 0 Å². The van der Waals surface area contributed by atoms with Crippen LogP contribution < -0.4 is 0 Å². The van der Waals surface area contributed by atoms with Crippen LogP contribution in [0.1, 0.15) is 35.2 Å². The molecule has 27 heavy (non-hydrogen) atoms. The molecule has 2 aromatic heterocycles. The van der Waals surface area contributed by atoms with E-state index in [9.17, 15) is 5.11 Å². The molecule has 1 atom stereocenters. The van der Waals surface area contributed by atoms with Crippen LogP contribution in [0.15, 0.2) is 42.9 Å². The van der Waals surface area contributed by atoms with E-state index >= 15 is 0 Å². The van der Waals surface area contributed by atoms with Crippen LogP contribution in [-0.2, 0) is 13.6 Å². The minimum Gasteiger partial charge on any atom is -0.385 e. The van der Waals surface area contributed by atoms with Crippen molar-refractivity contribution >= 4 is 11.3 Å². The van der Waals surface area contributed by atoms with Gasteiger partial charge in [0.2, 0.25) is 0 Å². The summed E-state index contributed by atoms with van der Waals surface area (Å²) in [5.74, 6) is 1.06. The average Bonchev–Trinajstić information content (AvgIpc) is 3.31. The number of nitrogens with zero attached hydrogens (tertiary/aromatic N) is 4. The number of piperidine rings is 1. The lowest BCUT2D eigenvalue weighted by atomic mass is 9.90. The fraction of sp³-hybridized carbons (Fsp3) is 0.429. The van der Waals surface area contributed by atoms with E-state index < -0.39 is 6.10 Å². The van der Waals surface area contributed by atoms with E-state index in [1.807, 2.05) is 24.0 Å². The normalized spacial score (nSPS) is 17.3. The van der Waals surface area contributed by atoms with Crippen LogP contribution in [-0.4, -0.2) is 37.6 Å². The number of aliphatic hydroxyl groups excluding tert-OH is 1. The lowest BCUT2D eigenvalue weighted by Crippen LogP contribution is -2.35. The van der Waals surface area contributed by atoms with Gasteiger partial charge >= 0.3 is 0 Å². The molecule has 0 saturated carbocycles. The van der Waals surface area contributed by atoms with Gasteiger partial charge in [-0.25, -0.2) is 9.97 Å². The van der Waals surface area contributed by atoms with Gasteiger partial charge in [-0.15, -0.1) is 11.3 Å². The standard InChI is InChI=1S/C21H26N4OS/c1-15-5-3-4-6-18(15)21-23-13-17(27-21)14-25-10-7-16(8-11-25)19(26)20-22-9-12-24(20)2/h3-6,9,12-13,16,19,26H,7-8,10-11,14H2,1-2H3/t19-/m1/s1. The molecule has 1 aliphatic heterocycles. The second kappa shape index (κ2) is 7.92. The molecule has 3 heterocycles. The first-order valence-corrected chi connectivity index (χ1v) is 10.3. The highest BCUT2D eigenvalue weighted by atomic mass is 32.1. The van der Waals surface area contributed by atoms with E-state index in [0.717, 1.165) is 43.3 Å². The predicted octanol–water partition coefficient (Wildman–Crippen LogP) is 3.80. The zero-order valence-electron chi connectivity index (χ0n) is 15.9. The molecule has 4 rings (SSSR count). The minimum atomic E-state index is -0.469. The SMILES string of the molecule is Cc1ccccc1-c1ncc(CN2CCC([C@@H](O)c3nccn3C)CC2)s1. The fourth-order valence-corrected chi connectivity index (χ4v) is 4.88. The van der Waals surface area contributed by atoms with Crippen molar-refractivity contribution in [3.63, 3.8) is 0 Å². The van der Waals surface area contributed by atoms with Crippen LogP contribution in [0.3, 0.4) is 0 Å². The molecule has 0 radical (unpaired) electrons. The highest BCUT2D eigenvalue weighted by Crippen LogP contribution is 2.32. The summed E-state index contributed by atoms with van der Waals surface area (Å²) >= 11 is 1.79. The van der Waals surface area contributed by atoms with Crippen molar-refractivity contribution in [1.82, 2.24) is 19.4 Å². The number of aromatic nitrogens is 3. The lowest BCUT2D eigenvalue weighted by Gasteiger charge is -2.33. The molecular weight excluding hydrogens is 356 g/mol. The smallest absolute Gasteiger partial charge is 0.137 e. The number of thiazole rings is 1. The Hall–Kier alpha value is -2.02. The fourth-order valence-electron chi connectivity index (χ4n) is 3.84. The molecule has 0 aliphatic carbocycles. The second-order valence-electron chi connectivity index (χ2n) is 7.40. The zero-order chi connectivity index (χ0) is 18.8. The van der Waals surface area contributed by atoms with Crippen LogP contribution >= 0.6 is 11.3 Å². The Morgan fingerprint density at radius 3 is 2.70 bits per heavy atom. The lowest BCUT2D eigenvalue weighted by molar-refractivity contribution is 0.0494. The number of likely N-dealkylation sites (tertiary alicyclic amines) is 1. The maximum Gasteiger partial charge on any atom is 0.137 e. The van der Waals surface area contributed by atoms with Crippen LogP contribution in [0.4, 0.5) is 0 Å². The molecule has 3 aromatic rings. The van der Waals surface area contributed by atoms with Crippen molar-refractivity contribution in [2.75, 3.05) is 13.1 Å². The Kier molecular flexibility index (Phi) is 5.38. The average molecular weight is 383 g/mol. The quantitative estimate of drug-likeness (QED) is 0.729. The Labute approximate surface area is 164 Å². The Morgan fingerprint density at radius 1 is 1.22 bits per heavy atom. The van der Waals surface area contributed by atoms with Crippen LogP contribution in [0.25, 0.3) is 10.6 Å². The number of aliphatic hydroxyl groups is 1. The molecule has 1 fully saturated rings. The molecule has 1 N–H and O–H groups in total. The van der Waals surface area contributed by atoms with E-state index in [1.165, 1.54) is 16.0 Å². The first-order valence-electron chi connectivity index (χ1n) is 9.50. The third-order valence-corrected chi connectivity index (χ3v) is 6.53. The molecule has 5 nitrogen and oxygen atoms in total. The Balaban J connectivity index is 1.35. The molecule has 0 amide bonds. The van der Waals surface area contributed by atoms with Crippen molar-refractivity contribution in [1.29, 1.82) is 0 Å². The third-order valence-electron chi connectivity index (χ3n) is 5.51.